The molecule has 0 aliphatic carbocycles. The van der Waals surface area contributed by atoms with E-state index in [1.807, 2.05) is 39.4 Å². The van der Waals surface area contributed by atoms with E-state index in [9.17, 15) is 24.2 Å². The average Bonchev–Trinajstić information content (AvgIpc) is 3.18. The Bertz CT molecular complexity index is 1430. The van der Waals surface area contributed by atoms with Crippen molar-refractivity contribution in [3.8, 4) is 0 Å². The fraction of sp³-hybridized carbons (Fsp3) is 0.542. The molecule has 0 rings (SSSR count). The molecule has 0 heterocycles. The third-order valence-electron chi connectivity index (χ3n) is 8.09. The second-order valence-electron chi connectivity index (χ2n) is 14.8. The molecule has 0 aliphatic heterocycles. The van der Waals surface area contributed by atoms with Crippen LogP contribution in [0.5, 0.6) is 0 Å². The minimum absolute atomic E-state index is 0.0106. The van der Waals surface area contributed by atoms with Gasteiger partial charge >= 0.3 is 19.8 Å². The summed E-state index contributed by atoms with van der Waals surface area (Å²) < 4.78 is 34.0. The minimum atomic E-state index is -4.45. The number of carbonyl (C=O) groups is 2. The van der Waals surface area contributed by atoms with Gasteiger partial charge in [-0.3, -0.25) is 18.6 Å². The Hall–Kier alpha value is -3.63. The summed E-state index contributed by atoms with van der Waals surface area (Å²) in [7, 11) is 1.30. The van der Waals surface area contributed by atoms with Crippen molar-refractivity contribution < 1.29 is 47.2 Å². The number of likely N-dealkylation sites (N-methyl/N-ethyl adjacent to an activating group) is 1. The molecule has 0 fully saturated rings. The maximum atomic E-state index is 12.7. The quantitative estimate of drug-likeness (QED) is 0.0158. The van der Waals surface area contributed by atoms with Crippen LogP contribution < -0.4 is 0 Å². The number of nitrogens with zero attached hydrogens (tertiary/aromatic N) is 1. The Morgan fingerprint density at radius 2 is 1.08 bits per heavy atom. The Balaban J connectivity index is 4.70. The normalized spacial score (nSPS) is 15.3. The Morgan fingerprint density at radius 1 is 0.610 bits per heavy atom. The van der Waals surface area contributed by atoms with Crippen LogP contribution in [-0.4, -0.2) is 86.1 Å². The summed E-state index contributed by atoms with van der Waals surface area (Å²) in [6, 6.07) is 0. The Morgan fingerprint density at radius 3 is 1.59 bits per heavy atom. The first-order chi connectivity index (χ1) is 28.4. The molecule has 0 aromatic heterocycles. The molecule has 332 valence electrons. The topological polar surface area (TPSA) is 129 Å². The molecule has 0 aliphatic rings. The first-order valence-corrected chi connectivity index (χ1v) is 22.9. The van der Waals surface area contributed by atoms with E-state index in [1.54, 1.807) is 12.2 Å². The molecular formula is C48H77NO9P+. The van der Waals surface area contributed by atoms with Gasteiger partial charge in [0.15, 0.2) is 6.10 Å². The molecule has 10 nitrogen and oxygen atoms in total. The molecule has 0 aromatic carbocycles. The molecule has 0 saturated carbocycles. The van der Waals surface area contributed by atoms with Crippen molar-refractivity contribution in [2.75, 3.05) is 47.5 Å². The summed E-state index contributed by atoms with van der Waals surface area (Å²) in [5, 5.41) is 10.3. The maximum Gasteiger partial charge on any atom is 0.472 e. The van der Waals surface area contributed by atoms with Crippen molar-refractivity contribution in [2.45, 2.75) is 122 Å². The van der Waals surface area contributed by atoms with E-state index in [0.717, 1.165) is 57.8 Å². The lowest BCUT2D eigenvalue weighted by atomic mass is 10.1. The van der Waals surface area contributed by atoms with E-state index in [1.165, 1.54) is 0 Å². The lowest BCUT2D eigenvalue weighted by Gasteiger charge is -2.24. The predicted octanol–water partition coefficient (Wildman–Crippen LogP) is 11.1. The van der Waals surface area contributed by atoms with Crippen LogP contribution in [0.15, 0.2) is 122 Å². The zero-order valence-corrected chi connectivity index (χ0v) is 37.7. The van der Waals surface area contributed by atoms with Crippen LogP contribution in [-0.2, 0) is 32.7 Å². The molecule has 11 heteroatoms. The van der Waals surface area contributed by atoms with Crippen LogP contribution in [0.25, 0.3) is 0 Å². The van der Waals surface area contributed by atoms with Crippen molar-refractivity contribution in [3.05, 3.63) is 122 Å². The second kappa shape index (κ2) is 38.6. The number of rotatable bonds is 36. The third kappa shape index (κ3) is 42.3. The van der Waals surface area contributed by atoms with Crippen molar-refractivity contribution in [1.82, 2.24) is 0 Å². The molecule has 0 spiro atoms. The number of esters is 2. The van der Waals surface area contributed by atoms with E-state index in [0.29, 0.717) is 36.7 Å². The van der Waals surface area contributed by atoms with E-state index in [2.05, 4.69) is 105 Å². The standard InChI is InChI=1S/C48H76NO9P/c1-6-8-10-12-14-16-18-20-21-22-23-25-27-29-31-33-35-39-47(51)55-43-46(44-57-59(53,54)56-42-41-49(3,4)5)58-48(52)40-36-38-45(50)37-34-32-30-28-26-24-19-17-15-13-11-9-7-2/h8-11,14-17,20-21,23-26,29-32,34,37,45-46,50H,6-7,12-13,18-19,22,27-28,33,35-36,38-44H2,1-5H3/p+1/b10-8-,11-9-,16-14-,17-15-,21-20-,25-23-,26-24-,31-29-,32-30-,37-34+/t45?,46-/m1/s1. The molecule has 0 saturated heterocycles. The Kier molecular flexibility index (Phi) is 36.2. The lowest BCUT2D eigenvalue weighted by Crippen LogP contribution is -2.37. The van der Waals surface area contributed by atoms with Crippen molar-refractivity contribution in [2.24, 2.45) is 0 Å². The minimum Gasteiger partial charge on any atom is -0.462 e. The molecule has 2 unspecified atom stereocenters. The first kappa shape index (κ1) is 55.4. The SMILES string of the molecule is CC/C=C\C/C=C\C/C=C\C/C=C\C=C\C(O)CCCC(=O)O[C@H](COC(=O)CCC/C=C\C/C=C\C/C=C\C/C=C\C/C=C\CC)COP(=O)(O)OCC[N+](C)(C)C. The molecular weight excluding hydrogens is 766 g/mol. The molecule has 0 radical (unpaired) electrons. The van der Waals surface area contributed by atoms with Gasteiger partial charge in [-0.25, -0.2) is 4.57 Å². The van der Waals surface area contributed by atoms with Crippen LogP contribution in [0.3, 0.4) is 0 Å². The zero-order chi connectivity index (χ0) is 43.7. The number of quaternary nitrogens is 1. The number of aliphatic hydroxyl groups is 1. The number of hydrogen-bond acceptors (Lipinski definition) is 8. The largest absolute Gasteiger partial charge is 0.472 e. The van der Waals surface area contributed by atoms with Gasteiger partial charge in [0.25, 0.3) is 0 Å². The fourth-order valence-corrected chi connectivity index (χ4v) is 5.52. The summed E-state index contributed by atoms with van der Waals surface area (Å²) in [6.45, 7) is 3.85. The number of phosphoric ester groups is 1. The smallest absolute Gasteiger partial charge is 0.462 e. The summed E-state index contributed by atoms with van der Waals surface area (Å²) in [6.07, 6.45) is 50.1. The van der Waals surface area contributed by atoms with Crippen molar-refractivity contribution in [3.63, 3.8) is 0 Å². The van der Waals surface area contributed by atoms with Gasteiger partial charge in [0, 0.05) is 12.8 Å². The summed E-state index contributed by atoms with van der Waals surface area (Å²) >= 11 is 0. The molecule has 0 aromatic rings. The number of allylic oxidation sites excluding steroid dienone is 19. The zero-order valence-electron chi connectivity index (χ0n) is 36.8. The number of carbonyl (C=O) groups excluding carboxylic acids is 2. The van der Waals surface area contributed by atoms with Crippen molar-refractivity contribution in [1.29, 1.82) is 0 Å². The summed E-state index contributed by atoms with van der Waals surface area (Å²) in [4.78, 5) is 35.3. The van der Waals surface area contributed by atoms with E-state index < -0.39 is 38.6 Å². The number of aliphatic hydroxyl groups excluding tert-OH is 1. The summed E-state index contributed by atoms with van der Waals surface area (Å²) in [5.41, 5.74) is 0. The Labute approximate surface area is 357 Å². The molecule has 3 atom stereocenters. The molecule has 2 N–H and O–H groups in total. The van der Waals surface area contributed by atoms with Gasteiger partial charge < -0.3 is 24.0 Å². The number of phosphoric acid groups is 1. The van der Waals surface area contributed by atoms with Gasteiger partial charge in [-0.15, -0.1) is 0 Å². The third-order valence-corrected chi connectivity index (χ3v) is 9.08. The average molecular weight is 843 g/mol. The highest BCUT2D eigenvalue weighted by molar-refractivity contribution is 7.47. The van der Waals surface area contributed by atoms with Gasteiger partial charge in [0.2, 0.25) is 0 Å². The van der Waals surface area contributed by atoms with Crippen LogP contribution in [0, 0.1) is 0 Å². The maximum absolute atomic E-state index is 12.7. The van der Waals surface area contributed by atoms with E-state index in [-0.39, 0.29) is 26.1 Å². The van der Waals surface area contributed by atoms with Gasteiger partial charge in [-0.1, -0.05) is 135 Å². The molecule has 59 heavy (non-hydrogen) atoms. The summed E-state index contributed by atoms with van der Waals surface area (Å²) in [5.74, 6) is -1.09. The highest BCUT2D eigenvalue weighted by Crippen LogP contribution is 2.43. The van der Waals surface area contributed by atoms with Crippen LogP contribution >= 0.6 is 7.82 Å². The van der Waals surface area contributed by atoms with E-state index >= 15 is 0 Å². The molecule has 0 bridgehead atoms. The predicted molar refractivity (Wildman–Crippen MR) is 243 cm³/mol. The van der Waals surface area contributed by atoms with Gasteiger partial charge in [0.05, 0.1) is 33.9 Å². The van der Waals surface area contributed by atoms with Crippen LogP contribution in [0.1, 0.15) is 110 Å². The number of ether oxygens (including phenoxy) is 2. The van der Waals surface area contributed by atoms with E-state index in [4.69, 9.17) is 18.5 Å². The monoisotopic (exact) mass is 843 g/mol. The molecule has 0 amide bonds. The highest BCUT2D eigenvalue weighted by atomic mass is 31.2. The lowest BCUT2D eigenvalue weighted by molar-refractivity contribution is -0.870. The van der Waals surface area contributed by atoms with Crippen LogP contribution in [0.4, 0.5) is 0 Å². The number of unbranched alkanes of at least 4 members (excludes halogenated alkanes) is 1. The van der Waals surface area contributed by atoms with Crippen molar-refractivity contribution >= 4 is 19.8 Å². The van der Waals surface area contributed by atoms with Gasteiger partial charge in [0.1, 0.15) is 19.8 Å². The number of hydrogen-bond donors (Lipinski definition) is 2. The van der Waals surface area contributed by atoms with Gasteiger partial charge in [-0.05, 0) is 83.5 Å². The van der Waals surface area contributed by atoms with Gasteiger partial charge in [-0.2, -0.15) is 0 Å². The second-order valence-corrected chi connectivity index (χ2v) is 16.3. The van der Waals surface area contributed by atoms with Crippen LogP contribution in [0.2, 0.25) is 0 Å². The first-order valence-electron chi connectivity index (χ1n) is 21.4. The fourth-order valence-electron chi connectivity index (χ4n) is 4.78. The highest BCUT2D eigenvalue weighted by Gasteiger charge is 2.27.